The molecular formula is C24H15NO3. The molecule has 0 spiro atoms. The first kappa shape index (κ1) is 16.3. The Kier molecular flexibility index (Phi) is 3.69. The van der Waals surface area contributed by atoms with Crippen molar-refractivity contribution in [3.63, 3.8) is 0 Å². The summed E-state index contributed by atoms with van der Waals surface area (Å²) in [5, 5.41) is 1.59. The maximum atomic E-state index is 13.3. The standard InChI is InChI=1S/C24H15NO3/c26-23-18-12-6-8-16-9-7-13-19(22(16)18)24(27)25(23)20-14-4-5-15-21(20)28-17-10-2-1-3-11-17/h1-15H. The van der Waals surface area contributed by atoms with E-state index < -0.39 is 0 Å². The third-order valence-electron chi connectivity index (χ3n) is 4.85. The molecule has 4 aromatic carbocycles. The molecule has 4 nitrogen and oxygen atoms in total. The van der Waals surface area contributed by atoms with Gasteiger partial charge in [-0.1, -0.05) is 54.6 Å². The molecule has 28 heavy (non-hydrogen) atoms. The molecule has 0 aliphatic carbocycles. The van der Waals surface area contributed by atoms with Gasteiger partial charge in [0.05, 0.1) is 5.69 Å². The van der Waals surface area contributed by atoms with Gasteiger partial charge in [-0.05, 0) is 41.8 Å². The van der Waals surface area contributed by atoms with Gasteiger partial charge in [-0.3, -0.25) is 9.59 Å². The summed E-state index contributed by atoms with van der Waals surface area (Å²) in [6.07, 6.45) is 0. The summed E-state index contributed by atoms with van der Waals surface area (Å²) < 4.78 is 5.97. The zero-order valence-electron chi connectivity index (χ0n) is 14.8. The van der Waals surface area contributed by atoms with Crippen LogP contribution in [0.2, 0.25) is 0 Å². The average Bonchev–Trinajstić information content (AvgIpc) is 2.74. The monoisotopic (exact) mass is 365 g/mol. The van der Waals surface area contributed by atoms with E-state index in [2.05, 4.69) is 0 Å². The molecule has 134 valence electrons. The summed E-state index contributed by atoms with van der Waals surface area (Å²) in [5.74, 6) is 0.383. The Hall–Kier alpha value is -3.92. The molecule has 0 bridgehead atoms. The van der Waals surface area contributed by atoms with Gasteiger partial charge in [0, 0.05) is 16.5 Å². The Morgan fingerprint density at radius 2 is 1.21 bits per heavy atom. The highest BCUT2D eigenvalue weighted by Gasteiger charge is 2.35. The maximum Gasteiger partial charge on any atom is 0.266 e. The fraction of sp³-hybridized carbons (Fsp3) is 0. The van der Waals surface area contributed by atoms with Crippen molar-refractivity contribution in [1.29, 1.82) is 0 Å². The number of nitrogens with zero attached hydrogens (tertiary/aromatic N) is 1. The highest BCUT2D eigenvalue weighted by Crippen LogP contribution is 2.38. The number of para-hydroxylation sites is 3. The number of carbonyl (C=O) groups is 2. The predicted octanol–water partition coefficient (Wildman–Crippen LogP) is 5.43. The first-order chi connectivity index (χ1) is 13.7. The molecule has 0 saturated heterocycles. The summed E-state index contributed by atoms with van der Waals surface area (Å²) >= 11 is 0. The Morgan fingerprint density at radius 1 is 0.607 bits per heavy atom. The highest BCUT2D eigenvalue weighted by molar-refractivity contribution is 6.36. The van der Waals surface area contributed by atoms with Crippen LogP contribution >= 0.6 is 0 Å². The second-order valence-corrected chi connectivity index (χ2v) is 6.54. The predicted molar refractivity (Wildman–Crippen MR) is 108 cm³/mol. The molecule has 0 atom stereocenters. The van der Waals surface area contributed by atoms with Gasteiger partial charge in [0.15, 0.2) is 5.75 Å². The van der Waals surface area contributed by atoms with Crippen LogP contribution in [0.4, 0.5) is 5.69 Å². The lowest BCUT2D eigenvalue weighted by molar-refractivity contribution is 0.0892. The second-order valence-electron chi connectivity index (χ2n) is 6.54. The van der Waals surface area contributed by atoms with Crippen LogP contribution in [0.5, 0.6) is 11.5 Å². The van der Waals surface area contributed by atoms with E-state index in [9.17, 15) is 9.59 Å². The smallest absolute Gasteiger partial charge is 0.266 e. The van der Waals surface area contributed by atoms with Crippen LogP contribution in [-0.2, 0) is 0 Å². The lowest BCUT2D eigenvalue weighted by atomic mass is 9.93. The molecule has 0 N–H and O–H groups in total. The van der Waals surface area contributed by atoms with Crippen molar-refractivity contribution in [2.24, 2.45) is 0 Å². The van der Waals surface area contributed by atoms with Gasteiger partial charge in [-0.2, -0.15) is 0 Å². The molecule has 0 saturated carbocycles. The second kappa shape index (κ2) is 6.35. The summed E-state index contributed by atoms with van der Waals surface area (Å²) in [6, 6.07) is 27.4. The van der Waals surface area contributed by atoms with E-state index in [1.165, 1.54) is 4.90 Å². The SMILES string of the molecule is O=C1c2cccc3cccc(c23)C(=O)N1c1ccccc1Oc1ccccc1. The van der Waals surface area contributed by atoms with Gasteiger partial charge in [-0.15, -0.1) is 0 Å². The van der Waals surface area contributed by atoms with Crippen LogP contribution in [0.3, 0.4) is 0 Å². The maximum absolute atomic E-state index is 13.3. The van der Waals surface area contributed by atoms with E-state index in [4.69, 9.17) is 4.74 Å². The number of imide groups is 1. The van der Waals surface area contributed by atoms with Crippen LogP contribution in [0.1, 0.15) is 20.7 Å². The molecular weight excluding hydrogens is 350 g/mol. The third-order valence-corrected chi connectivity index (χ3v) is 4.85. The first-order valence-electron chi connectivity index (χ1n) is 8.96. The van der Waals surface area contributed by atoms with E-state index in [-0.39, 0.29) is 11.8 Å². The zero-order chi connectivity index (χ0) is 19.1. The summed E-state index contributed by atoms with van der Waals surface area (Å²) in [7, 11) is 0. The van der Waals surface area contributed by atoms with Gasteiger partial charge in [0.1, 0.15) is 5.75 Å². The van der Waals surface area contributed by atoms with Crippen molar-refractivity contribution < 1.29 is 14.3 Å². The Morgan fingerprint density at radius 3 is 1.89 bits per heavy atom. The number of amides is 2. The van der Waals surface area contributed by atoms with Crippen molar-refractivity contribution in [3.05, 3.63) is 102 Å². The number of rotatable bonds is 3. The van der Waals surface area contributed by atoms with E-state index in [0.717, 1.165) is 5.39 Å². The quantitative estimate of drug-likeness (QED) is 0.455. The van der Waals surface area contributed by atoms with Crippen LogP contribution in [0.25, 0.3) is 10.8 Å². The molecule has 0 unspecified atom stereocenters. The van der Waals surface area contributed by atoms with Crippen molar-refractivity contribution in [2.75, 3.05) is 4.90 Å². The van der Waals surface area contributed by atoms with Gasteiger partial charge < -0.3 is 4.74 Å². The number of benzene rings is 4. The van der Waals surface area contributed by atoms with Gasteiger partial charge in [0.2, 0.25) is 0 Å². The van der Waals surface area contributed by atoms with Gasteiger partial charge in [0.25, 0.3) is 11.8 Å². The third kappa shape index (κ3) is 2.47. The lowest BCUT2D eigenvalue weighted by Gasteiger charge is -2.28. The van der Waals surface area contributed by atoms with E-state index in [0.29, 0.717) is 33.7 Å². The van der Waals surface area contributed by atoms with Crippen LogP contribution in [0.15, 0.2) is 91.0 Å². The molecule has 0 fully saturated rings. The summed E-state index contributed by atoms with van der Waals surface area (Å²) in [5.41, 5.74) is 1.46. The van der Waals surface area contributed by atoms with E-state index in [1.54, 1.807) is 30.3 Å². The number of carbonyl (C=O) groups excluding carboxylic acids is 2. The minimum Gasteiger partial charge on any atom is -0.455 e. The number of ether oxygens (including phenoxy) is 1. The molecule has 1 heterocycles. The molecule has 4 aromatic rings. The number of hydrogen-bond donors (Lipinski definition) is 0. The van der Waals surface area contributed by atoms with Crippen LogP contribution in [-0.4, -0.2) is 11.8 Å². The molecule has 1 aliphatic heterocycles. The topological polar surface area (TPSA) is 46.6 Å². The highest BCUT2D eigenvalue weighted by atomic mass is 16.5. The first-order valence-corrected chi connectivity index (χ1v) is 8.96. The van der Waals surface area contributed by atoms with Gasteiger partial charge >= 0.3 is 0 Å². The molecule has 5 rings (SSSR count). The largest absolute Gasteiger partial charge is 0.455 e. The fourth-order valence-electron chi connectivity index (χ4n) is 3.59. The van der Waals surface area contributed by atoms with Crippen LogP contribution < -0.4 is 9.64 Å². The van der Waals surface area contributed by atoms with E-state index in [1.807, 2.05) is 60.7 Å². The Balaban J connectivity index is 1.65. The van der Waals surface area contributed by atoms with Gasteiger partial charge in [-0.25, -0.2) is 4.90 Å². The Labute approximate surface area is 161 Å². The Bertz CT molecular complexity index is 1180. The van der Waals surface area contributed by atoms with Crippen molar-refractivity contribution in [2.45, 2.75) is 0 Å². The average molecular weight is 365 g/mol. The number of anilines is 1. The summed E-state index contributed by atoms with van der Waals surface area (Å²) in [6.45, 7) is 0. The van der Waals surface area contributed by atoms with Crippen molar-refractivity contribution in [3.8, 4) is 11.5 Å². The van der Waals surface area contributed by atoms with E-state index >= 15 is 0 Å². The summed E-state index contributed by atoms with van der Waals surface area (Å²) in [4.78, 5) is 27.7. The molecule has 0 aromatic heterocycles. The lowest BCUT2D eigenvalue weighted by Crippen LogP contribution is -2.40. The zero-order valence-corrected chi connectivity index (χ0v) is 14.8. The molecule has 1 aliphatic rings. The number of hydrogen-bond acceptors (Lipinski definition) is 3. The fourth-order valence-corrected chi connectivity index (χ4v) is 3.59. The van der Waals surface area contributed by atoms with Crippen molar-refractivity contribution >= 4 is 28.3 Å². The normalized spacial score (nSPS) is 13.1. The van der Waals surface area contributed by atoms with Crippen molar-refractivity contribution in [1.82, 2.24) is 0 Å². The molecule has 2 amide bonds. The van der Waals surface area contributed by atoms with Crippen LogP contribution in [0, 0.1) is 0 Å². The minimum atomic E-state index is -0.349. The molecule has 4 heteroatoms. The minimum absolute atomic E-state index is 0.349. The molecule has 0 radical (unpaired) electrons.